The molecule has 118 valence electrons. The monoisotopic (exact) mass is 311 g/mol. The lowest BCUT2D eigenvalue weighted by atomic mass is 10.1. The third-order valence-electron chi connectivity index (χ3n) is 3.91. The molecule has 0 saturated heterocycles. The quantitative estimate of drug-likeness (QED) is 0.840. The third kappa shape index (κ3) is 2.75. The van der Waals surface area contributed by atoms with Crippen LogP contribution in [0.4, 0.5) is 0 Å². The number of aryl methyl sites for hydroxylation is 2. The molecule has 0 bridgehead atoms. The summed E-state index contributed by atoms with van der Waals surface area (Å²) in [4.78, 5) is 40.6. The summed E-state index contributed by atoms with van der Waals surface area (Å²) in [6.45, 7) is 3.96. The van der Waals surface area contributed by atoms with Crippen molar-refractivity contribution in [3.63, 3.8) is 0 Å². The average molecular weight is 311 g/mol. The minimum absolute atomic E-state index is 0.269. The Bertz CT molecular complexity index is 772. The maximum atomic E-state index is 12.2. The van der Waals surface area contributed by atoms with Gasteiger partial charge in [0.15, 0.2) is 0 Å². The molecular weight excluding hydrogens is 294 g/mol. The van der Waals surface area contributed by atoms with Gasteiger partial charge in [-0.1, -0.05) is 12.1 Å². The van der Waals surface area contributed by atoms with Crippen LogP contribution in [0.2, 0.25) is 0 Å². The SMILES string of the molecule is Cc1cc(CNC(=O)CN2C(=O)c3ccccc3C2=O)c(C)[nH]1. The van der Waals surface area contributed by atoms with Gasteiger partial charge in [0.05, 0.1) is 11.1 Å². The molecule has 1 aromatic heterocycles. The van der Waals surface area contributed by atoms with E-state index in [1.165, 1.54) is 0 Å². The Morgan fingerprint density at radius 1 is 1.13 bits per heavy atom. The molecule has 2 N–H and O–H groups in total. The van der Waals surface area contributed by atoms with E-state index in [9.17, 15) is 14.4 Å². The van der Waals surface area contributed by atoms with Crippen LogP contribution in [-0.4, -0.2) is 34.2 Å². The molecule has 1 aromatic carbocycles. The van der Waals surface area contributed by atoms with Crippen LogP contribution in [0.1, 0.15) is 37.7 Å². The molecule has 0 radical (unpaired) electrons. The Kier molecular flexibility index (Phi) is 3.73. The first kappa shape index (κ1) is 15.0. The largest absolute Gasteiger partial charge is 0.362 e. The maximum Gasteiger partial charge on any atom is 0.262 e. The molecule has 2 heterocycles. The van der Waals surface area contributed by atoms with Crippen molar-refractivity contribution in [1.82, 2.24) is 15.2 Å². The molecule has 23 heavy (non-hydrogen) atoms. The van der Waals surface area contributed by atoms with Crippen LogP contribution in [0.15, 0.2) is 30.3 Å². The molecule has 0 unspecified atom stereocenters. The van der Waals surface area contributed by atoms with Gasteiger partial charge in [0, 0.05) is 17.9 Å². The Morgan fingerprint density at radius 2 is 1.74 bits per heavy atom. The van der Waals surface area contributed by atoms with Crippen molar-refractivity contribution in [2.45, 2.75) is 20.4 Å². The first-order valence-electron chi connectivity index (χ1n) is 7.34. The van der Waals surface area contributed by atoms with Crippen molar-refractivity contribution in [2.75, 3.05) is 6.54 Å². The van der Waals surface area contributed by atoms with Crippen molar-refractivity contribution < 1.29 is 14.4 Å². The molecule has 2 aromatic rings. The Hall–Kier alpha value is -2.89. The molecule has 1 aliphatic heterocycles. The van der Waals surface area contributed by atoms with Crippen LogP contribution in [0.3, 0.4) is 0 Å². The second-order valence-corrected chi connectivity index (χ2v) is 5.62. The molecule has 0 saturated carbocycles. The van der Waals surface area contributed by atoms with Gasteiger partial charge in [0.1, 0.15) is 6.54 Å². The predicted molar refractivity (Wildman–Crippen MR) is 83.9 cm³/mol. The molecule has 3 amide bonds. The number of nitrogens with one attached hydrogen (secondary N) is 2. The number of rotatable bonds is 4. The van der Waals surface area contributed by atoms with Gasteiger partial charge in [-0.15, -0.1) is 0 Å². The van der Waals surface area contributed by atoms with E-state index < -0.39 is 11.8 Å². The fourth-order valence-electron chi connectivity index (χ4n) is 2.74. The fourth-order valence-corrected chi connectivity index (χ4v) is 2.74. The van der Waals surface area contributed by atoms with Gasteiger partial charge < -0.3 is 10.3 Å². The highest BCUT2D eigenvalue weighted by molar-refractivity contribution is 6.22. The zero-order valence-corrected chi connectivity index (χ0v) is 13.0. The number of aromatic nitrogens is 1. The van der Waals surface area contributed by atoms with Gasteiger partial charge in [-0.05, 0) is 37.6 Å². The summed E-state index contributed by atoms with van der Waals surface area (Å²) in [5.74, 6) is -1.21. The lowest BCUT2D eigenvalue weighted by Gasteiger charge is -2.13. The van der Waals surface area contributed by atoms with Crippen molar-refractivity contribution in [2.24, 2.45) is 0 Å². The van der Waals surface area contributed by atoms with Gasteiger partial charge in [-0.3, -0.25) is 19.3 Å². The second-order valence-electron chi connectivity index (χ2n) is 5.62. The molecule has 1 aliphatic rings. The summed E-state index contributed by atoms with van der Waals surface area (Å²) in [5, 5.41) is 2.74. The van der Waals surface area contributed by atoms with Crippen LogP contribution in [0.25, 0.3) is 0 Å². The van der Waals surface area contributed by atoms with Gasteiger partial charge >= 0.3 is 0 Å². The van der Waals surface area contributed by atoms with Gasteiger partial charge in [0.2, 0.25) is 5.91 Å². The van der Waals surface area contributed by atoms with E-state index in [2.05, 4.69) is 10.3 Å². The number of carbonyl (C=O) groups excluding carboxylic acids is 3. The van der Waals surface area contributed by atoms with Crippen LogP contribution in [0.5, 0.6) is 0 Å². The van der Waals surface area contributed by atoms with E-state index in [-0.39, 0.29) is 12.5 Å². The van der Waals surface area contributed by atoms with Crippen molar-refractivity contribution in [1.29, 1.82) is 0 Å². The summed E-state index contributed by atoms with van der Waals surface area (Å²) < 4.78 is 0. The standard InChI is InChI=1S/C17H17N3O3/c1-10-7-12(11(2)19-10)8-18-15(21)9-20-16(22)13-5-3-4-6-14(13)17(20)23/h3-7,19H,8-9H2,1-2H3,(H,18,21). The number of imide groups is 1. The minimum atomic E-state index is -0.422. The number of amides is 3. The van der Waals surface area contributed by atoms with E-state index in [1.807, 2.05) is 19.9 Å². The maximum absolute atomic E-state index is 12.2. The van der Waals surface area contributed by atoms with E-state index in [4.69, 9.17) is 0 Å². The van der Waals surface area contributed by atoms with Crippen molar-refractivity contribution in [3.8, 4) is 0 Å². The van der Waals surface area contributed by atoms with Gasteiger partial charge in [0.25, 0.3) is 11.8 Å². The Morgan fingerprint density at radius 3 is 2.26 bits per heavy atom. The lowest BCUT2D eigenvalue weighted by molar-refractivity contribution is -0.121. The summed E-state index contributed by atoms with van der Waals surface area (Å²) in [7, 11) is 0. The zero-order valence-electron chi connectivity index (χ0n) is 13.0. The number of aromatic amines is 1. The first-order chi connectivity index (χ1) is 11.0. The van der Waals surface area contributed by atoms with Crippen LogP contribution < -0.4 is 5.32 Å². The first-order valence-corrected chi connectivity index (χ1v) is 7.34. The molecular formula is C17H17N3O3. The Labute approximate surface area is 133 Å². The molecule has 0 atom stereocenters. The van der Waals surface area contributed by atoms with Gasteiger partial charge in [-0.2, -0.15) is 0 Å². The van der Waals surface area contributed by atoms with E-state index in [0.717, 1.165) is 21.9 Å². The van der Waals surface area contributed by atoms with Crippen LogP contribution >= 0.6 is 0 Å². The van der Waals surface area contributed by atoms with Crippen LogP contribution in [-0.2, 0) is 11.3 Å². The normalized spacial score (nSPS) is 13.4. The lowest BCUT2D eigenvalue weighted by Crippen LogP contribution is -2.40. The second kappa shape index (κ2) is 5.72. The number of benzene rings is 1. The molecule has 0 aliphatic carbocycles. The number of nitrogens with zero attached hydrogens (tertiary/aromatic N) is 1. The number of H-pyrrole nitrogens is 1. The number of fused-ring (bicyclic) bond motifs is 1. The van der Waals surface area contributed by atoms with Gasteiger partial charge in [-0.25, -0.2) is 0 Å². The minimum Gasteiger partial charge on any atom is -0.362 e. The van der Waals surface area contributed by atoms with Crippen LogP contribution in [0, 0.1) is 13.8 Å². The fraction of sp³-hybridized carbons (Fsp3) is 0.235. The smallest absolute Gasteiger partial charge is 0.262 e. The summed E-state index contributed by atoms with van der Waals surface area (Å²) >= 11 is 0. The summed E-state index contributed by atoms with van der Waals surface area (Å²) in [5.41, 5.74) is 3.69. The molecule has 6 nitrogen and oxygen atoms in total. The average Bonchev–Trinajstić information content (AvgIpc) is 2.97. The molecule has 6 heteroatoms. The number of carbonyl (C=O) groups is 3. The number of hydrogen-bond donors (Lipinski definition) is 2. The number of hydrogen-bond acceptors (Lipinski definition) is 3. The highest BCUT2D eigenvalue weighted by Crippen LogP contribution is 2.21. The van der Waals surface area contributed by atoms with E-state index in [0.29, 0.717) is 17.7 Å². The predicted octanol–water partition coefficient (Wildman–Crippen LogP) is 1.54. The molecule has 3 rings (SSSR count). The highest BCUT2D eigenvalue weighted by atomic mass is 16.2. The Balaban J connectivity index is 1.64. The topological polar surface area (TPSA) is 82.3 Å². The summed E-state index contributed by atoms with van der Waals surface area (Å²) in [6, 6.07) is 8.55. The van der Waals surface area contributed by atoms with E-state index >= 15 is 0 Å². The molecule has 0 spiro atoms. The van der Waals surface area contributed by atoms with E-state index in [1.54, 1.807) is 24.3 Å². The highest BCUT2D eigenvalue weighted by Gasteiger charge is 2.36. The summed E-state index contributed by atoms with van der Waals surface area (Å²) in [6.07, 6.45) is 0. The zero-order chi connectivity index (χ0) is 16.6. The third-order valence-corrected chi connectivity index (χ3v) is 3.91. The van der Waals surface area contributed by atoms with Crippen molar-refractivity contribution in [3.05, 3.63) is 58.4 Å². The van der Waals surface area contributed by atoms with Crippen molar-refractivity contribution >= 4 is 17.7 Å². The molecule has 0 fully saturated rings.